The van der Waals surface area contributed by atoms with Gasteiger partial charge in [0, 0.05) is 37.4 Å². The third-order valence-corrected chi connectivity index (χ3v) is 15.7. The fourth-order valence-corrected chi connectivity index (χ4v) is 4.44. The van der Waals surface area contributed by atoms with Crippen molar-refractivity contribution in [3.63, 3.8) is 0 Å². The molecule has 1 rings (SSSR count). The van der Waals surface area contributed by atoms with Gasteiger partial charge in [0.2, 0.25) is 11.8 Å². The molecular formula is C24H44N2O4Si2. The van der Waals surface area contributed by atoms with Gasteiger partial charge in [0.1, 0.15) is 0 Å². The zero-order valence-corrected chi connectivity index (χ0v) is 23.8. The van der Waals surface area contributed by atoms with E-state index in [1.54, 1.807) is 6.07 Å². The van der Waals surface area contributed by atoms with Crippen molar-refractivity contribution in [2.75, 3.05) is 23.8 Å². The second kappa shape index (κ2) is 11.1. The van der Waals surface area contributed by atoms with Crippen molar-refractivity contribution in [2.24, 2.45) is 0 Å². The molecule has 0 saturated carbocycles. The third kappa shape index (κ3) is 9.17. The van der Waals surface area contributed by atoms with Gasteiger partial charge in [-0.15, -0.1) is 0 Å². The lowest BCUT2D eigenvalue weighted by Gasteiger charge is -2.36. The highest BCUT2D eigenvalue weighted by Crippen LogP contribution is 2.37. The van der Waals surface area contributed by atoms with E-state index in [2.05, 4.69) is 78.4 Å². The van der Waals surface area contributed by atoms with Crippen molar-refractivity contribution in [1.29, 1.82) is 0 Å². The van der Waals surface area contributed by atoms with E-state index in [1.165, 1.54) is 0 Å². The molecular weight excluding hydrogens is 436 g/mol. The van der Waals surface area contributed by atoms with Crippen LogP contribution in [-0.2, 0) is 18.4 Å². The molecule has 8 heteroatoms. The van der Waals surface area contributed by atoms with Crippen LogP contribution < -0.4 is 10.6 Å². The van der Waals surface area contributed by atoms with Crippen LogP contribution in [-0.4, -0.2) is 41.7 Å². The Morgan fingerprint density at radius 1 is 0.750 bits per heavy atom. The van der Waals surface area contributed by atoms with Crippen LogP contribution in [0.5, 0.6) is 0 Å². The molecule has 0 aliphatic heterocycles. The topological polar surface area (TPSA) is 76.7 Å². The second-order valence-electron chi connectivity index (χ2n) is 11.4. The van der Waals surface area contributed by atoms with Crippen molar-refractivity contribution >= 4 is 39.8 Å². The smallest absolute Gasteiger partial charge is 0.226 e. The van der Waals surface area contributed by atoms with Gasteiger partial charge in [-0.05, 0) is 54.5 Å². The molecule has 0 saturated heterocycles. The average molecular weight is 481 g/mol. The number of carbonyl (C=O) groups excluding carboxylic acids is 2. The summed E-state index contributed by atoms with van der Waals surface area (Å²) in [4.78, 5) is 24.6. The fourth-order valence-electron chi connectivity index (χ4n) is 2.35. The lowest BCUT2D eigenvalue weighted by Crippen LogP contribution is -2.41. The molecule has 1 aromatic rings. The summed E-state index contributed by atoms with van der Waals surface area (Å²) in [7, 11) is -3.72. The minimum Gasteiger partial charge on any atom is -0.416 e. The van der Waals surface area contributed by atoms with Crippen LogP contribution >= 0.6 is 0 Å². The minimum atomic E-state index is -1.86. The maximum Gasteiger partial charge on any atom is 0.226 e. The molecule has 0 aromatic heterocycles. The SMILES string of the molecule is CC(C)(C)[Si](C)(C)OCCC(=O)Nc1cccc(NC(=O)CCO[Si](C)(C)C(C)(C)C)c1. The summed E-state index contributed by atoms with van der Waals surface area (Å²) in [5, 5.41) is 6.01. The van der Waals surface area contributed by atoms with E-state index >= 15 is 0 Å². The molecule has 0 aliphatic carbocycles. The molecule has 2 amide bonds. The molecule has 0 unspecified atom stereocenters. The molecule has 1 aromatic carbocycles. The number of anilines is 2. The maximum absolute atomic E-state index is 12.3. The molecule has 0 heterocycles. The van der Waals surface area contributed by atoms with E-state index in [9.17, 15) is 9.59 Å². The first-order valence-corrected chi connectivity index (χ1v) is 17.2. The first kappa shape index (κ1) is 28.5. The molecule has 2 N–H and O–H groups in total. The van der Waals surface area contributed by atoms with Crippen LogP contribution in [0.25, 0.3) is 0 Å². The van der Waals surface area contributed by atoms with Gasteiger partial charge in [-0.25, -0.2) is 0 Å². The normalized spacial score (nSPS) is 13.1. The van der Waals surface area contributed by atoms with Crippen molar-refractivity contribution < 1.29 is 18.4 Å². The number of hydrogen-bond donors (Lipinski definition) is 2. The van der Waals surface area contributed by atoms with Gasteiger partial charge >= 0.3 is 0 Å². The molecule has 182 valence electrons. The lowest BCUT2D eigenvalue weighted by molar-refractivity contribution is -0.117. The van der Waals surface area contributed by atoms with Gasteiger partial charge in [0.25, 0.3) is 0 Å². The number of nitrogens with one attached hydrogen (secondary N) is 2. The predicted molar refractivity (Wildman–Crippen MR) is 139 cm³/mol. The molecule has 0 bridgehead atoms. The molecule has 0 fully saturated rings. The van der Waals surface area contributed by atoms with Crippen molar-refractivity contribution in [2.45, 2.75) is 90.6 Å². The Bertz CT molecular complexity index is 720. The zero-order valence-electron chi connectivity index (χ0n) is 21.8. The molecule has 0 atom stereocenters. The quantitative estimate of drug-likeness (QED) is 0.381. The zero-order chi connectivity index (χ0) is 24.8. The Hall–Kier alpha value is -1.49. The fraction of sp³-hybridized carbons (Fsp3) is 0.667. The van der Waals surface area contributed by atoms with Crippen LogP contribution in [0.3, 0.4) is 0 Å². The Morgan fingerprint density at radius 2 is 1.09 bits per heavy atom. The summed E-state index contributed by atoms with van der Waals surface area (Å²) in [5.74, 6) is -0.204. The maximum atomic E-state index is 12.3. The number of carbonyl (C=O) groups is 2. The Balaban J connectivity index is 2.51. The van der Waals surface area contributed by atoms with E-state index in [-0.39, 0.29) is 21.9 Å². The van der Waals surface area contributed by atoms with E-state index in [4.69, 9.17) is 8.85 Å². The van der Waals surface area contributed by atoms with Gasteiger partial charge in [0.05, 0.1) is 0 Å². The summed E-state index contributed by atoms with van der Waals surface area (Å²) in [5.41, 5.74) is 1.30. The summed E-state index contributed by atoms with van der Waals surface area (Å²) in [6, 6.07) is 7.19. The van der Waals surface area contributed by atoms with Crippen LogP contribution in [0, 0.1) is 0 Å². The minimum absolute atomic E-state index is 0.102. The predicted octanol–water partition coefficient (Wildman–Crippen LogP) is 6.39. The number of benzene rings is 1. The van der Waals surface area contributed by atoms with Gasteiger partial charge < -0.3 is 19.5 Å². The summed E-state index contributed by atoms with van der Waals surface area (Å²) < 4.78 is 12.1. The highest BCUT2D eigenvalue weighted by Gasteiger charge is 2.37. The number of rotatable bonds is 10. The highest BCUT2D eigenvalue weighted by molar-refractivity contribution is 6.74. The third-order valence-electron chi connectivity index (χ3n) is 6.63. The summed E-state index contributed by atoms with van der Waals surface area (Å²) in [6.45, 7) is 22.6. The van der Waals surface area contributed by atoms with Crippen LogP contribution in [0.2, 0.25) is 36.3 Å². The van der Waals surface area contributed by atoms with Gasteiger partial charge in [-0.3, -0.25) is 9.59 Å². The van der Waals surface area contributed by atoms with E-state index < -0.39 is 16.6 Å². The first-order valence-electron chi connectivity index (χ1n) is 11.4. The van der Waals surface area contributed by atoms with Crippen LogP contribution in [0.15, 0.2) is 24.3 Å². The van der Waals surface area contributed by atoms with Gasteiger partial charge in [0.15, 0.2) is 16.6 Å². The van der Waals surface area contributed by atoms with E-state index in [0.717, 1.165) is 0 Å². The van der Waals surface area contributed by atoms with E-state index in [1.807, 2.05) is 18.2 Å². The number of hydrogen-bond acceptors (Lipinski definition) is 4. The first-order chi connectivity index (χ1) is 14.4. The Labute approximate surface area is 197 Å². The molecule has 6 nitrogen and oxygen atoms in total. The monoisotopic (exact) mass is 480 g/mol. The molecule has 0 radical (unpaired) electrons. The molecule has 32 heavy (non-hydrogen) atoms. The molecule has 0 aliphatic rings. The summed E-state index contributed by atoms with van der Waals surface area (Å²) in [6.07, 6.45) is 0.599. The molecule has 0 spiro atoms. The van der Waals surface area contributed by atoms with Crippen molar-refractivity contribution in [3.8, 4) is 0 Å². The Morgan fingerprint density at radius 3 is 1.41 bits per heavy atom. The van der Waals surface area contributed by atoms with Gasteiger partial charge in [-0.1, -0.05) is 47.6 Å². The average Bonchev–Trinajstić information content (AvgIpc) is 2.59. The highest BCUT2D eigenvalue weighted by atomic mass is 28.4. The second-order valence-corrected chi connectivity index (χ2v) is 21.0. The number of amides is 2. The van der Waals surface area contributed by atoms with Crippen LogP contribution in [0.4, 0.5) is 11.4 Å². The van der Waals surface area contributed by atoms with Gasteiger partial charge in [-0.2, -0.15) is 0 Å². The Kier molecular flexibility index (Phi) is 9.89. The van der Waals surface area contributed by atoms with Crippen molar-refractivity contribution in [1.82, 2.24) is 0 Å². The largest absolute Gasteiger partial charge is 0.416 e. The lowest BCUT2D eigenvalue weighted by atomic mass is 10.2. The van der Waals surface area contributed by atoms with Crippen molar-refractivity contribution in [3.05, 3.63) is 24.3 Å². The van der Waals surface area contributed by atoms with Crippen LogP contribution in [0.1, 0.15) is 54.4 Å². The van der Waals surface area contributed by atoms with E-state index in [0.29, 0.717) is 37.4 Å². The summed E-state index contributed by atoms with van der Waals surface area (Å²) >= 11 is 0. The standard InChI is InChI=1S/C24H44N2O4Si2/c1-23(2,3)31(7,8)29-16-14-21(27)25-19-12-11-13-20(18-19)26-22(28)15-17-30-32(9,10)24(4,5)6/h11-13,18H,14-17H2,1-10H3,(H,25,27)(H,26,28).